The molecule has 0 spiro atoms. The fourth-order valence-corrected chi connectivity index (χ4v) is 2.60. The van der Waals surface area contributed by atoms with Crippen molar-refractivity contribution in [2.75, 3.05) is 6.61 Å². The number of sulfonamides is 1. The van der Waals surface area contributed by atoms with Crippen LogP contribution < -0.4 is 9.88 Å². The summed E-state index contributed by atoms with van der Waals surface area (Å²) in [6.45, 7) is 2.82. The quantitative estimate of drug-likeness (QED) is 0.837. The molecular formula is C13H16BrN3O3S. The lowest BCUT2D eigenvalue weighted by atomic mass is 10.3. The molecule has 0 radical (unpaired) electrons. The van der Waals surface area contributed by atoms with Crippen LogP contribution in [-0.2, 0) is 23.0 Å². The normalized spacial score (nSPS) is 11.6. The van der Waals surface area contributed by atoms with Crippen LogP contribution in [0.1, 0.15) is 12.7 Å². The van der Waals surface area contributed by atoms with E-state index in [0.717, 1.165) is 10.2 Å². The van der Waals surface area contributed by atoms with Crippen LogP contribution in [0.15, 0.2) is 40.0 Å². The van der Waals surface area contributed by atoms with E-state index in [-0.39, 0.29) is 5.03 Å². The van der Waals surface area contributed by atoms with Gasteiger partial charge in [-0.15, -0.1) is 0 Å². The molecule has 0 unspecified atom stereocenters. The van der Waals surface area contributed by atoms with E-state index in [1.165, 1.54) is 6.20 Å². The molecule has 0 saturated heterocycles. The molecule has 0 atom stereocenters. The smallest absolute Gasteiger partial charge is 0.257 e. The second kappa shape index (κ2) is 6.59. The summed E-state index contributed by atoms with van der Waals surface area (Å²) >= 11 is 3.35. The van der Waals surface area contributed by atoms with Gasteiger partial charge in [-0.25, -0.2) is 18.5 Å². The number of benzene rings is 1. The van der Waals surface area contributed by atoms with E-state index in [0.29, 0.717) is 25.4 Å². The topological polar surface area (TPSA) is 87.2 Å². The predicted octanol–water partition coefficient (Wildman–Crippen LogP) is 1.93. The minimum Gasteiger partial charge on any atom is -0.492 e. The molecule has 1 heterocycles. The van der Waals surface area contributed by atoms with Gasteiger partial charge in [-0.1, -0.05) is 22.9 Å². The zero-order chi connectivity index (χ0) is 15.5. The largest absolute Gasteiger partial charge is 0.492 e. The number of nitrogens with zero attached hydrogens (tertiary/aromatic N) is 2. The Morgan fingerprint density at radius 3 is 2.57 bits per heavy atom. The summed E-state index contributed by atoms with van der Waals surface area (Å²) in [6, 6.07) is 7.50. The monoisotopic (exact) mass is 373 g/mol. The third-order valence-electron chi connectivity index (χ3n) is 2.86. The van der Waals surface area contributed by atoms with Crippen LogP contribution in [0.5, 0.6) is 5.75 Å². The number of ether oxygens (including phenoxy) is 1. The van der Waals surface area contributed by atoms with Crippen molar-refractivity contribution in [3.63, 3.8) is 0 Å². The molecule has 8 heteroatoms. The van der Waals surface area contributed by atoms with Crippen molar-refractivity contribution >= 4 is 26.0 Å². The van der Waals surface area contributed by atoms with Crippen LogP contribution in [0, 0.1) is 0 Å². The van der Waals surface area contributed by atoms with Gasteiger partial charge in [-0.3, -0.25) is 0 Å². The summed E-state index contributed by atoms with van der Waals surface area (Å²) in [5.41, 5.74) is 0. The number of primary sulfonamides is 1. The van der Waals surface area contributed by atoms with Crippen molar-refractivity contribution in [1.29, 1.82) is 0 Å². The average molecular weight is 374 g/mol. The van der Waals surface area contributed by atoms with Crippen LogP contribution in [0.4, 0.5) is 0 Å². The Kier molecular flexibility index (Phi) is 5.02. The van der Waals surface area contributed by atoms with Crippen LogP contribution in [0.2, 0.25) is 0 Å². The third-order valence-corrected chi connectivity index (χ3v) is 4.17. The first-order valence-corrected chi connectivity index (χ1v) is 8.71. The molecule has 114 valence electrons. The van der Waals surface area contributed by atoms with E-state index in [1.807, 2.05) is 31.2 Å². The first-order valence-electron chi connectivity index (χ1n) is 6.37. The van der Waals surface area contributed by atoms with E-state index >= 15 is 0 Å². The average Bonchev–Trinajstić information content (AvgIpc) is 2.84. The van der Waals surface area contributed by atoms with E-state index in [1.54, 1.807) is 4.57 Å². The highest BCUT2D eigenvalue weighted by atomic mass is 79.9. The fourth-order valence-electron chi connectivity index (χ4n) is 1.83. The zero-order valence-electron chi connectivity index (χ0n) is 11.5. The van der Waals surface area contributed by atoms with Crippen LogP contribution in [-0.4, -0.2) is 24.6 Å². The van der Waals surface area contributed by atoms with E-state index < -0.39 is 10.0 Å². The summed E-state index contributed by atoms with van der Waals surface area (Å²) in [6.07, 6.45) is 2.06. The molecular weight excluding hydrogens is 358 g/mol. The minimum absolute atomic E-state index is 0.108. The standard InChI is InChI=1S/C13H16BrN3O3S/c1-2-12-16-13(21(15,18)19)9-17(12)7-8-20-11-5-3-10(14)4-6-11/h3-6,9H,2,7-8H2,1H3,(H2,15,18,19). The van der Waals surface area contributed by atoms with Gasteiger partial charge in [-0.2, -0.15) is 0 Å². The van der Waals surface area contributed by atoms with E-state index in [4.69, 9.17) is 9.88 Å². The molecule has 0 aliphatic carbocycles. The van der Waals surface area contributed by atoms with Gasteiger partial charge in [0.05, 0.1) is 6.54 Å². The fraction of sp³-hybridized carbons (Fsp3) is 0.308. The van der Waals surface area contributed by atoms with E-state index in [2.05, 4.69) is 20.9 Å². The Morgan fingerprint density at radius 1 is 1.33 bits per heavy atom. The molecule has 0 fully saturated rings. The second-order valence-corrected chi connectivity index (χ2v) is 6.81. The van der Waals surface area contributed by atoms with Gasteiger partial charge in [0.25, 0.3) is 10.0 Å². The molecule has 0 amide bonds. The summed E-state index contributed by atoms with van der Waals surface area (Å²) in [4.78, 5) is 4.03. The molecule has 1 aromatic carbocycles. The molecule has 0 aliphatic heterocycles. The number of halogens is 1. The van der Waals surface area contributed by atoms with E-state index in [9.17, 15) is 8.42 Å². The zero-order valence-corrected chi connectivity index (χ0v) is 13.9. The summed E-state index contributed by atoms with van der Waals surface area (Å²) in [7, 11) is -3.77. The van der Waals surface area contributed by atoms with Crippen LogP contribution >= 0.6 is 15.9 Å². The number of nitrogens with two attached hydrogens (primary N) is 1. The Morgan fingerprint density at radius 2 is 2.00 bits per heavy atom. The molecule has 2 rings (SSSR count). The number of imidazole rings is 1. The lowest BCUT2D eigenvalue weighted by molar-refractivity contribution is 0.296. The van der Waals surface area contributed by atoms with Crippen molar-refractivity contribution in [3.05, 3.63) is 40.8 Å². The molecule has 1 aromatic heterocycles. The summed E-state index contributed by atoms with van der Waals surface area (Å²) in [5.74, 6) is 1.42. The number of hydrogen-bond acceptors (Lipinski definition) is 4. The van der Waals surface area contributed by atoms with Gasteiger partial charge < -0.3 is 9.30 Å². The van der Waals surface area contributed by atoms with Gasteiger partial charge in [0.2, 0.25) is 0 Å². The van der Waals surface area contributed by atoms with Crippen molar-refractivity contribution in [2.24, 2.45) is 5.14 Å². The Balaban J connectivity index is 2.02. The lowest BCUT2D eigenvalue weighted by Crippen LogP contribution is -2.12. The molecule has 0 bridgehead atoms. The minimum atomic E-state index is -3.77. The molecule has 2 aromatic rings. The highest BCUT2D eigenvalue weighted by Gasteiger charge is 2.15. The van der Waals surface area contributed by atoms with Gasteiger partial charge in [0.1, 0.15) is 18.2 Å². The number of aryl methyl sites for hydroxylation is 1. The van der Waals surface area contributed by atoms with Crippen molar-refractivity contribution in [2.45, 2.75) is 24.9 Å². The maximum atomic E-state index is 11.3. The van der Waals surface area contributed by atoms with Gasteiger partial charge >= 0.3 is 0 Å². The SMILES string of the molecule is CCc1nc(S(N)(=O)=O)cn1CCOc1ccc(Br)cc1. The molecule has 0 aliphatic rings. The first-order chi connectivity index (χ1) is 9.90. The first kappa shape index (κ1) is 16.0. The van der Waals surface area contributed by atoms with Crippen molar-refractivity contribution < 1.29 is 13.2 Å². The molecule has 0 saturated carbocycles. The molecule has 21 heavy (non-hydrogen) atoms. The maximum Gasteiger partial charge on any atom is 0.257 e. The Hall–Kier alpha value is -1.38. The summed E-state index contributed by atoms with van der Waals surface area (Å²) < 4.78 is 31.0. The van der Waals surface area contributed by atoms with Crippen molar-refractivity contribution in [3.8, 4) is 5.75 Å². The van der Waals surface area contributed by atoms with Gasteiger partial charge in [-0.05, 0) is 24.3 Å². The second-order valence-electron chi connectivity index (χ2n) is 4.39. The Labute approximate surface area is 132 Å². The van der Waals surface area contributed by atoms with Gasteiger partial charge in [0, 0.05) is 17.1 Å². The van der Waals surface area contributed by atoms with Crippen LogP contribution in [0.3, 0.4) is 0 Å². The van der Waals surface area contributed by atoms with Gasteiger partial charge in [0.15, 0.2) is 5.03 Å². The Bertz CT molecular complexity index is 711. The maximum absolute atomic E-state index is 11.3. The number of aromatic nitrogens is 2. The molecule has 6 nitrogen and oxygen atoms in total. The van der Waals surface area contributed by atoms with Crippen LogP contribution in [0.25, 0.3) is 0 Å². The third kappa shape index (κ3) is 4.29. The van der Waals surface area contributed by atoms with Crippen molar-refractivity contribution in [1.82, 2.24) is 9.55 Å². The number of rotatable bonds is 6. The highest BCUT2D eigenvalue weighted by Crippen LogP contribution is 2.16. The molecule has 2 N–H and O–H groups in total. The highest BCUT2D eigenvalue weighted by molar-refractivity contribution is 9.10. The number of hydrogen-bond donors (Lipinski definition) is 1. The lowest BCUT2D eigenvalue weighted by Gasteiger charge is -2.08. The summed E-state index contributed by atoms with van der Waals surface area (Å²) in [5, 5.41) is 4.98. The predicted molar refractivity (Wildman–Crippen MR) is 82.6 cm³/mol.